The van der Waals surface area contributed by atoms with E-state index in [0.717, 1.165) is 51.8 Å². The zero-order chi connectivity index (χ0) is 14.9. The Kier molecular flexibility index (Phi) is 6.92. The third kappa shape index (κ3) is 5.61. The van der Waals surface area contributed by atoms with E-state index in [-0.39, 0.29) is 5.56 Å². The van der Waals surface area contributed by atoms with Crippen molar-refractivity contribution in [2.24, 2.45) is 5.92 Å². The van der Waals surface area contributed by atoms with E-state index in [0.29, 0.717) is 0 Å². The fourth-order valence-corrected chi connectivity index (χ4v) is 2.79. The van der Waals surface area contributed by atoms with E-state index in [2.05, 4.69) is 10.2 Å². The third-order valence-electron chi connectivity index (χ3n) is 4.18. The number of likely N-dealkylation sites (tertiary alicyclic amines) is 1. The van der Waals surface area contributed by atoms with Crippen LogP contribution >= 0.6 is 0 Å². The van der Waals surface area contributed by atoms with Gasteiger partial charge in [-0.1, -0.05) is 6.07 Å². The lowest BCUT2D eigenvalue weighted by molar-refractivity contribution is 0.169. The second kappa shape index (κ2) is 8.97. The lowest BCUT2D eigenvalue weighted by atomic mass is 9.97. The predicted molar refractivity (Wildman–Crippen MR) is 84.6 cm³/mol. The van der Waals surface area contributed by atoms with Crippen LogP contribution in [-0.4, -0.2) is 55.9 Å². The van der Waals surface area contributed by atoms with Crippen LogP contribution in [0.15, 0.2) is 29.2 Å². The summed E-state index contributed by atoms with van der Waals surface area (Å²) in [5.41, 5.74) is 0.0923. The second-order valence-corrected chi connectivity index (χ2v) is 5.71. The van der Waals surface area contributed by atoms with E-state index < -0.39 is 0 Å². The van der Waals surface area contributed by atoms with Crippen LogP contribution in [0.5, 0.6) is 0 Å². The number of methoxy groups -OCH3 is 1. The molecule has 1 aromatic rings. The predicted octanol–water partition coefficient (Wildman–Crippen LogP) is 0.796. The van der Waals surface area contributed by atoms with Crippen LogP contribution in [0.3, 0.4) is 0 Å². The highest BCUT2D eigenvalue weighted by molar-refractivity contribution is 4.93. The molecule has 0 radical (unpaired) electrons. The summed E-state index contributed by atoms with van der Waals surface area (Å²) >= 11 is 0. The first-order valence-corrected chi connectivity index (χ1v) is 7.87. The molecule has 1 N–H and O–H groups in total. The second-order valence-electron chi connectivity index (χ2n) is 5.71. The number of nitrogens with one attached hydrogen (secondary N) is 1. The lowest BCUT2D eigenvalue weighted by Crippen LogP contribution is -2.39. The Morgan fingerprint density at radius 1 is 1.29 bits per heavy atom. The Hall–Kier alpha value is -1.17. The highest BCUT2D eigenvalue weighted by Crippen LogP contribution is 2.16. The summed E-state index contributed by atoms with van der Waals surface area (Å²) in [6.07, 6.45) is 4.35. The molecular formula is C16H27N3O2. The molecule has 0 bridgehead atoms. The fourth-order valence-electron chi connectivity index (χ4n) is 2.79. The topological polar surface area (TPSA) is 46.5 Å². The van der Waals surface area contributed by atoms with Gasteiger partial charge in [-0.05, 0) is 44.5 Å². The smallest absolute Gasteiger partial charge is 0.250 e. The van der Waals surface area contributed by atoms with E-state index in [4.69, 9.17) is 4.74 Å². The Morgan fingerprint density at radius 3 is 2.81 bits per heavy atom. The molecule has 1 aliphatic rings. The molecule has 5 heteroatoms. The molecule has 1 fully saturated rings. The van der Waals surface area contributed by atoms with E-state index in [1.165, 1.54) is 12.8 Å². The lowest BCUT2D eigenvalue weighted by Gasteiger charge is -2.32. The largest absolute Gasteiger partial charge is 0.383 e. The molecule has 1 saturated heterocycles. The van der Waals surface area contributed by atoms with Gasteiger partial charge in [0.15, 0.2) is 0 Å². The summed E-state index contributed by atoms with van der Waals surface area (Å²) in [4.78, 5) is 14.1. The maximum absolute atomic E-state index is 11.6. The number of aromatic nitrogens is 1. The molecule has 5 nitrogen and oxygen atoms in total. The van der Waals surface area contributed by atoms with Crippen LogP contribution in [0.4, 0.5) is 0 Å². The first kappa shape index (κ1) is 16.2. The minimum atomic E-state index is 0.0923. The number of pyridine rings is 1. The maximum atomic E-state index is 11.6. The maximum Gasteiger partial charge on any atom is 0.250 e. The molecule has 0 spiro atoms. The van der Waals surface area contributed by atoms with Crippen molar-refractivity contribution in [3.05, 3.63) is 34.7 Å². The van der Waals surface area contributed by atoms with Crippen molar-refractivity contribution in [1.82, 2.24) is 14.8 Å². The van der Waals surface area contributed by atoms with Crippen LogP contribution in [0.2, 0.25) is 0 Å². The molecule has 1 aromatic heterocycles. The van der Waals surface area contributed by atoms with Crippen molar-refractivity contribution in [2.75, 3.05) is 46.4 Å². The molecule has 118 valence electrons. The highest BCUT2D eigenvalue weighted by Gasteiger charge is 2.18. The number of hydrogen-bond donors (Lipinski definition) is 1. The van der Waals surface area contributed by atoms with Gasteiger partial charge >= 0.3 is 0 Å². The summed E-state index contributed by atoms with van der Waals surface area (Å²) < 4.78 is 6.82. The minimum absolute atomic E-state index is 0.0923. The van der Waals surface area contributed by atoms with Crippen LogP contribution in [-0.2, 0) is 11.3 Å². The van der Waals surface area contributed by atoms with E-state index in [1.807, 2.05) is 12.3 Å². The van der Waals surface area contributed by atoms with Crippen LogP contribution in [0.25, 0.3) is 0 Å². The number of nitrogens with zero attached hydrogens (tertiary/aromatic N) is 2. The molecular weight excluding hydrogens is 266 g/mol. The van der Waals surface area contributed by atoms with E-state index in [1.54, 1.807) is 23.8 Å². The Morgan fingerprint density at radius 2 is 2.10 bits per heavy atom. The van der Waals surface area contributed by atoms with Crippen molar-refractivity contribution in [3.63, 3.8) is 0 Å². The van der Waals surface area contributed by atoms with Gasteiger partial charge in [-0.2, -0.15) is 0 Å². The average Bonchev–Trinajstić information content (AvgIpc) is 2.52. The molecule has 0 atom stereocenters. The Bertz CT molecular complexity index is 453. The van der Waals surface area contributed by atoms with Gasteiger partial charge in [0, 0.05) is 39.0 Å². The van der Waals surface area contributed by atoms with Gasteiger partial charge < -0.3 is 19.5 Å². The number of hydrogen-bond acceptors (Lipinski definition) is 4. The molecule has 21 heavy (non-hydrogen) atoms. The van der Waals surface area contributed by atoms with Gasteiger partial charge in [0.05, 0.1) is 6.61 Å². The minimum Gasteiger partial charge on any atom is -0.383 e. The molecule has 1 aliphatic heterocycles. The quantitative estimate of drug-likeness (QED) is 0.720. The van der Waals surface area contributed by atoms with Gasteiger partial charge in [0.1, 0.15) is 0 Å². The Balaban J connectivity index is 1.63. The summed E-state index contributed by atoms with van der Waals surface area (Å²) in [6, 6.07) is 5.33. The van der Waals surface area contributed by atoms with Crippen molar-refractivity contribution in [1.29, 1.82) is 0 Å². The molecule has 2 rings (SSSR count). The average molecular weight is 293 g/mol. The van der Waals surface area contributed by atoms with Gasteiger partial charge in [0.25, 0.3) is 5.56 Å². The van der Waals surface area contributed by atoms with Gasteiger partial charge in [0.2, 0.25) is 0 Å². The van der Waals surface area contributed by atoms with Crippen molar-refractivity contribution >= 4 is 0 Å². The summed E-state index contributed by atoms with van der Waals surface area (Å²) in [5.74, 6) is 0.776. The molecule has 0 unspecified atom stereocenters. The van der Waals surface area contributed by atoms with Gasteiger partial charge in [-0.15, -0.1) is 0 Å². The molecule has 0 aliphatic carbocycles. The fraction of sp³-hybridized carbons (Fsp3) is 0.688. The SMILES string of the molecule is COCCNCC1CCN(CCn2ccccc2=O)CC1. The summed E-state index contributed by atoms with van der Waals surface area (Å²) in [7, 11) is 1.73. The van der Waals surface area contributed by atoms with Gasteiger partial charge in [-0.3, -0.25) is 4.79 Å². The first-order chi connectivity index (χ1) is 10.3. The number of piperidine rings is 1. The zero-order valence-electron chi connectivity index (χ0n) is 13.0. The molecule has 2 heterocycles. The van der Waals surface area contributed by atoms with Crippen molar-refractivity contribution in [3.8, 4) is 0 Å². The molecule has 0 saturated carbocycles. The number of ether oxygens (including phenoxy) is 1. The summed E-state index contributed by atoms with van der Waals surface area (Å²) in [5, 5.41) is 3.45. The normalized spacial score (nSPS) is 17.2. The highest BCUT2D eigenvalue weighted by atomic mass is 16.5. The zero-order valence-corrected chi connectivity index (χ0v) is 13.0. The Labute approximate surface area is 126 Å². The van der Waals surface area contributed by atoms with Crippen LogP contribution in [0, 0.1) is 5.92 Å². The first-order valence-electron chi connectivity index (χ1n) is 7.87. The third-order valence-corrected chi connectivity index (χ3v) is 4.18. The molecule has 0 amide bonds. The van der Waals surface area contributed by atoms with Crippen LogP contribution < -0.4 is 10.9 Å². The van der Waals surface area contributed by atoms with Crippen molar-refractivity contribution in [2.45, 2.75) is 19.4 Å². The van der Waals surface area contributed by atoms with Gasteiger partial charge in [-0.25, -0.2) is 0 Å². The number of rotatable bonds is 8. The van der Waals surface area contributed by atoms with E-state index >= 15 is 0 Å². The molecule has 0 aromatic carbocycles. The van der Waals surface area contributed by atoms with E-state index in [9.17, 15) is 4.79 Å². The van der Waals surface area contributed by atoms with Crippen LogP contribution in [0.1, 0.15) is 12.8 Å². The monoisotopic (exact) mass is 293 g/mol. The standard InChI is InChI=1S/C16H27N3O2/c1-21-13-7-17-14-15-5-9-18(10-6-15)11-12-19-8-3-2-4-16(19)20/h2-4,8,15,17H,5-7,9-14H2,1H3. The van der Waals surface area contributed by atoms with Crippen molar-refractivity contribution < 1.29 is 4.74 Å². The summed E-state index contributed by atoms with van der Waals surface area (Å²) in [6.45, 7) is 6.84.